The summed E-state index contributed by atoms with van der Waals surface area (Å²) in [6.45, 7) is -0.270. The van der Waals surface area contributed by atoms with Crippen LogP contribution in [-0.2, 0) is 15.0 Å². The summed E-state index contributed by atoms with van der Waals surface area (Å²) in [5.74, 6) is -2.53. The third kappa shape index (κ3) is 3.99. The minimum absolute atomic E-state index is 0.270. The summed E-state index contributed by atoms with van der Waals surface area (Å²) in [5, 5.41) is 8.31. The highest BCUT2D eigenvalue weighted by molar-refractivity contribution is 7.86. The fourth-order valence-corrected chi connectivity index (χ4v) is 1.47. The van der Waals surface area contributed by atoms with Crippen LogP contribution in [0.1, 0.15) is 6.42 Å². The van der Waals surface area contributed by atoms with Gasteiger partial charge < -0.3 is 9.84 Å². The lowest BCUT2D eigenvalue weighted by molar-refractivity contribution is -0.137. The lowest BCUT2D eigenvalue weighted by Crippen LogP contribution is -2.06. The van der Waals surface area contributed by atoms with Crippen molar-refractivity contribution in [3.8, 4) is 5.75 Å². The van der Waals surface area contributed by atoms with Gasteiger partial charge in [0.1, 0.15) is 4.90 Å². The zero-order valence-corrected chi connectivity index (χ0v) is 9.21. The molecule has 1 rings (SSSR count). The van der Waals surface area contributed by atoms with E-state index in [0.717, 1.165) is 12.1 Å². The van der Waals surface area contributed by atoms with Crippen molar-refractivity contribution >= 4 is 16.2 Å². The van der Waals surface area contributed by atoms with Gasteiger partial charge in [0.25, 0.3) is 0 Å². The van der Waals surface area contributed by atoms with Gasteiger partial charge in [-0.2, -0.15) is 8.42 Å². The molecule has 8 heteroatoms. The van der Waals surface area contributed by atoms with Gasteiger partial charge >= 0.3 is 16.2 Å². The molecule has 0 saturated carbocycles. The molecule has 0 aliphatic carbocycles. The second kappa shape index (κ2) is 5.09. The van der Waals surface area contributed by atoms with Gasteiger partial charge in [-0.05, 0) is 18.2 Å². The Kier molecular flexibility index (Phi) is 4.00. The van der Waals surface area contributed by atoms with Gasteiger partial charge in [0.15, 0.2) is 11.6 Å². The topological polar surface area (TPSA) is 80.7 Å². The van der Waals surface area contributed by atoms with E-state index in [-0.39, 0.29) is 18.8 Å². The molecule has 1 aromatic rings. The maximum absolute atomic E-state index is 13.2. The fourth-order valence-electron chi connectivity index (χ4n) is 0.999. The summed E-state index contributed by atoms with van der Waals surface area (Å²) in [4.78, 5) is 9.34. The number of aliphatic carboxylic acids is 1. The van der Waals surface area contributed by atoms with E-state index in [1.807, 2.05) is 0 Å². The molecule has 0 aliphatic rings. The number of halogens is 2. The third-order valence-electron chi connectivity index (χ3n) is 1.76. The minimum Gasteiger partial charge on any atom is -0.490 e. The van der Waals surface area contributed by atoms with Crippen LogP contribution in [0, 0.1) is 5.82 Å². The average Bonchev–Trinajstić information content (AvgIpc) is 2.18. The van der Waals surface area contributed by atoms with Crippen LogP contribution in [0.5, 0.6) is 5.75 Å². The van der Waals surface area contributed by atoms with E-state index in [1.54, 1.807) is 0 Å². The zero-order chi connectivity index (χ0) is 13.1. The normalized spacial score (nSPS) is 11.2. The van der Waals surface area contributed by atoms with Crippen molar-refractivity contribution < 1.29 is 31.3 Å². The molecule has 0 aromatic heterocycles. The first-order chi connectivity index (χ1) is 7.80. The number of benzene rings is 1. The summed E-state index contributed by atoms with van der Waals surface area (Å²) in [5.41, 5.74) is 0. The Balaban J connectivity index is 2.80. The molecular formula is C9H8F2O5S. The first-order valence-electron chi connectivity index (χ1n) is 4.39. The Bertz CT molecular complexity index is 526. The van der Waals surface area contributed by atoms with Crippen molar-refractivity contribution in [3.63, 3.8) is 0 Å². The molecule has 0 amide bonds. The fraction of sp³-hybridized carbons (Fsp3) is 0.222. The predicted molar refractivity (Wildman–Crippen MR) is 52.4 cm³/mol. The molecule has 0 saturated heterocycles. The Morgan fingerprint density at radius 3 is 2.53 bits per heavy atom. The van der Waals surface area contributed by atoms with E-state index < -0.39 is 26.9 Å². The molecule has 1 N–H and O–H groups in total. The molecule has 94 valence electrons. The number of hydrogen-bond donors (Lipinski definition) is 1. The van der Waals surface area contributed by atoms with Crippen molar-refractivity contribution in [1.82, 2.24) is 0 Å². The van der Waals surface area contributed by atoms with Crippen molar-refractivity contribution in [2.24, 2.45) is 0 Å². The van der Waals surface area contributed by atoms with Gasteiger partial charge in [-0.15, -0.1) is 3.89 Å². The minimum atomic E-state index is -4.97. The lowest BCUT2D eigenvalue weighted by atomic mass is 10.3. The standard InChI is InChI=1S/C9H8F2O5S/c10-7-5-6(17(11,14)15)1-2-8(7)16-4-3-9(12)13/h1-2,5H,3-4H2,(H,12,13). The van der Waals surface area contributed by atoms with Crippen LogP contribution >= 0.6 is 0 Å². The lowest BCUT2D eigenvalue weighted by Gasteiger charge is -2.06. The van der Waals surface area contributed by atoms with Crippen LogP contribution in [0.3, 0.4) is 0 Å². The molecule has 0 spiro atoms. The second-order valence-corrected chi connectivity index (χ2v) is 4.37. The third-order valence-corrected chi connectivity index (χ3v) is 2.58. The smallest absolute Gasteiger partial charge is 0.332 e. The van der Waals surface area contributed by atoms with Crippen LogP contribution < -0.4 is 4.74 Å². The molecule has 0 atom stereocenters. The molecule has 0 heterocycles. The maximum atomic E-state index is 13.2. The Hall–Kier alpha value is -1.70. The quantitative estimate of drug-likeness (QED) is 0.813. The highest BCUT2D eigenvalue weighted by Gasteiger charge is 2.15. The summed E-state index contributed by atoms with van der Waals surface area (Å²) in [6, 6.07) is 2.21. The van der Waals surface area contributed by atoms with Gasteiger partial charge in [0, 0.05) is 0 Å². The van der Waals surface area contributed by atoms with Crippen molar-refractivity contribution in [3.05, 3.63) is 24.0 Å². The average molecular weight is 266 g/mol. The van der Waals surface area contributed by atoms with Gasteiger partial charge in [0.05, 0.1) is 13.0 Å². The van der Waals surface area contributed by atoms with Crippen LogP contribution in [0.25, 0.3) is 0 Å². The van der Waals surface area contributed by atoms with Crippen molar-refractivity contribution in [2.45, 2.75) is 11.3 Å². The molecule has 1 aromatic carbocycles. The van der Waals surface area contributed by atoms with E-state index in [4.69, 9.17) is 9.84 Å². The highest BCUT2D eigenvalue weighted by Crippen LogP contribution is 2.22. The van der Waals surface area contributed by atoms with Crippen molar-refractivity contribution in [1.29, 1.82) is 0 Å². The van der Waals surface area contributed by atoms with Crippen LogP contribution in [0.15, 0.2) is 23.1 Å². The highest BCUT2D eigenvalue weighted by atomic mass is 32.3. The van der Waals surface area contributed by atoms with Crippen molar-refractivity contribution in [2.75, 3.05) is 6.61 Å². The first kappa shape index (κ1) is 13.4. The second-order valence-electron chi connectivity index (χ2n) is 3.02. The molecule has 0 aliphatic heterocycles. The predicted octanol–water partition coefficient (Wildman–Crippen LogP) is 1.34. The number of carboxylic acid groups (broad SMARTS) is 1. The van der Waals surface area contributed by atoms with Crippen LogP contribution in [0.2, 0.25) is 0 Å². The van der Waals surface area contributed by atoms with Gasteiger partial charge in [-0.3, -0.25) is 4.79 Å². The van der Waals surface area contributed by atoms with Crippen LogP contribution in [-0.4, -0.2) is 26.1 Å². The molecule has 0 fully saturated rings. The monoisotopic (exact) mass is 266 g/mol. The molecule has 17 heavy (non-hydrogen) atoms. The molecular weight excluding hydrogens is 258 g/mol. The number of ether oxygens (including phenoxy) is 1. The maximum Gasteiger partial charge on any atom is 0.332 e. The van der Waals surface area contributed by atoms with E-state index in [1.165, 1.54) is 0 Å². The SMILES string of the molecule is O=C(O)CCOc1ccc(S(=O)(=O)F)cc1F. The Labute approximate surface area is 95.8 Å². The van der Waals surface area contributed by atoms with E-state index >= 15 is 0 Å². The molecule has 0 bridgehead atoms. The molecule has 0 unspecified atom stereocenters. The first-order valence-corrected chi connectivity index (χ1v) is 5.78. The zero-order valence-electron chi connectivity index (χ0n) is 8.39. The number of carbonyl (C=O) groups is 1. The van der Waals surface area contributed by atoms with Crippen LogP contribution in [0.4, 0.5) is 8.28 Å². The largest absolute Gasteiger partial charge is 0.490 e. The van der Waals surface area contributed by atoms with E-state index in [2.05, 4.69) is 0 Å². The van der Waals surface area contributed by atoms with E-state index in [0.29, 0.717) is 6.07 Å². The summed E-state index contributed by atoms with van der Waals surface area (Å²) in [6.07, 6.45) is -0.331. The number of rotatable bonds is 5. The van der Waals surface area contributed by atoms with Gasteiger partial charge in [-0.25, -0.2) is 4.39 Å². The molecule has 0 radical (unpaired) electrons. The Morgan fingerprint density at radius 2 is 2.06 bits per heavy atom. The molecule has 5 nitrogen and oxygen atoms in total. The van der Waals surface area contributed by atoms with E-state index in [9.17, 15) is 21.5 Å². The summed E-state index contributed by atoms with van der Waals surface area (Å²) >= 11 is 0. The van der Waals surface area contributed by atoms with Gasteiger partial charge in [0.2, 0.25) is 0 Å². The number of carboxylic acids is 1. The number of hydrogen-bond acceptors (Lipinski definition) is 4. The Morgan fingerprint density at radius 1 is 1.41 bits per heavy atom. The van der Waals surface area contributed by atoms with Gasteiger partial charge in [-0.1, -0.05) is 0 Å². The summed E-state index contributed by atoms with van der Waals surface area (Å²) in [7, 11) is -4.97. The summed E-state index contributed by atoms with van der Waals surface area (Å²) < 4.78 is 51.3.